The first-order valence-corrected chi connectivity index (χ1v) is 10.1. The van der Waals surface area contributed by atoms with Gasteiger partial charge in [0, 0.05) is 29.5 Å². The zero-order chi connectivity index (χ0) is 15.6. The maximum Gasteiger partial charge on any atom is 0.243 e. The second-order valence-corrected chi connectivity index (χ2v) is 9.58. The molecular weight excluding hydrogens is 326 g/mol. The Bertz CT molecular complexity index is 594. The van der Waals surface area contributed by atoms with Crippen LogP contribution in [0.4, 0.5) is 0 Å². The van der Waals surface area contributed by atoms with E-state index in [4.69, 9.17) is 11.6 Å². The highest BCUT2D eigenvalue weighted by Crippen LogP contribution is 2.29. The standard InChI is InChI=1S/C15H22ClNO2S2/c1-4-13-5-6-15(7-14(13)8-16)21(18,19)17-9-11(2)20-12(3)10-17/h5-7,11-12H,4,8-10H2,1-3H3. The summed E-state index contributed by atoms with van der Waals surface area (Å²) in [5.41, 5.74) is 2.02. The number of halogens is 1. The first-order valence-electron chi connectivity index (χ1n) is 7.21. The molecule has 1 aromatic rings. The lowest BCUT2D eigenvalue weighted by atomic mass is 10.1. The summed E-state index contributed by atoms with van der Waals surface area (Å²) in [7, 11) is -3.42. The van der Waals surface area contributed by atoms with Crippen LogP contribution in [0.1, 0.15) is 31.9 Å². The van der Waals surface area contributed by atoms with Gasteiger partial charge in [-0.15, -0.1) is 11.6 Å². The molecule has 6 heteroatoms. The molecule has 1 aliphatic rings. The van der Waals surface area contributed by atoms with Crippen molar-refractivity contribution in [3.05, 3.63) is 29.3 Å². The zero-order valence-electron chi connectivity index (χ0n) is 12.7. The van der Waals surface area contributed by atoms with E-state index in [1.807, 2.05) is 24.8 Å². The third kappa shape index (κ3) is 3.76. The molecule has 1 heterocycles. The minimum Gasteiger partial charge on any atom is -0.207 e. The predicted molar refractivity (Wildman–Crippen MR) is 90.7 cm³/mol. The van der Waals surface area contributed by atoms with Crippen LogP contribution in [0.25, 0.3) is 0 Å². The van der Waals surface area contributed by atoms with E-state index in [0.29, 0.717) is 34.4 Å². The van der Waals surface area contributed by atoms with Crippen molar-refractivity contribution in [2.24, 2.45) is 0 Å². The summed E-state index contributed by atoms with van der Waals surface area (Å²) < 4.78 is 27.2. The normalized spacial score (nSPS) is 24.2. The Morgan fingerprint density at radius 1 is 1.24 bits per heavy atom. The Morgan fingerprint density at radius 3 is 2.38 bits per heavy atom. The summed E-state index contributed by atoms with van der Waals surface area (Å²) in [6.45, 7) is 7.34. The molecule has 0 spiro atoms. The minimum atomic E-state index is -3.42. The summed E-state index contributed by atoms with van der Waals surface area (Å²) in [6, 6.07) is 5.33. The molecule has 1 aliphatic heterocycles. The van der Waals surface area contributed by atoms with Crippen LogP contribution >= 0.6 is 23.4 Å². The molecule has 0 aromatic heterocycles. The van der Waals surface area contributed by atoms with Crippen LogP contribution in [0.15, 0.2) is 23.1 Å². The number of alkyl halides is 1. The van der Waals surface area contributed by atoms with Gasteiger partial charge in [0.25, 0.3) is 0 Å². The number of benzene rings is 1. The number of thioether (sulfide) groups is 1. The number of hydrogen-bond donors (Lipinski definition) is 0. The predicted octanol–water partition coefficient (Wildman–Crippen LogP) is 3.50. The Kier molecular flexibility index (Phi) is 5.63. The minimum absolute atomic E-state index is 0.325. The number of nitrogens with zero attached hydrogens (tertiary/aromatic N) is 1. The number of rotatable bonds is 4. The smallest absolute Gasteiger partial charge is 0.207 e. The van der Waals surface area contributed by atoms with Crippen molar-refractivity contribution >= 4 is 33.4 Å². The van der Waals surface area contributed by atoms with Gasteiger partial charge in [-0.05, 0) is 29.7 Å². The first kappa shape index (κ1) is 17.1. The fourth-order valence-electron chi connectivity index (χ4n) is 2.71. The quantitative estimate of drug-likeness (QED) is 0.782. The van der Waals surface area contributed by atoms with Crippen molar-refractivity contribution in [2.45, 2.75) is 48.5 Å². The van der Waals surface area contributed by atoms with Gasteiger partial charge in [-0.3, -0.25) is 0 Å². The van der Waals surface area contributed by atoms with Gasteiger partial charge in [0.1, 0.15) is 0 Å². The van der Waals surface area contributed by atoms with Crippen molar-refractivity contribution < 1.29 is 8.42 Å². The molecule has 1 saturated heterocycles. The highest BCUT2D eigenvalue weighted by Gasteiger charge is 2.32. The second kappa shape index (κ2) is 6.90. The van der Waals surface area contributed by atoms with Crippen LogP contribution in [0.2, 0.25) is 0 Å². The van der Waals surface area contributed by atoms with E-state index in [1.54, 1.807) is 16.4 Å². The molecule has 0 aliphatic carbocycles. The highest BCUT2D eigenvalue weighted by molar-refractivity contribution is 8.00. The molecule has 0 radical (unpaired) electrons. The number of hydrogen-bond acceptors (Lipinski definition) is 3. The molecule has 21 heavy (non-hydrogen) atoms. The van der Waals surface area contributed by atoms with Crippen LogP contribution in [0.5, 0.6) is 0 Å². The van der Waals surface area contributed by atoms with Crippen molar-refractivity contribution in [1.29, 1.82) is 0 Å². The van der Waals surface area contributed by atoms with E-state index in [-0.39, 0.29) is 0 Å². The molecule has 2 unspecified atom stereocenters. The van der Waals surface area contributed by atoms with Crippen LogP contribution in [0, 0.1) is 0 Å². The van der Waals surface area contributed by atoms with Crippen LogP contribution in [-0.2, 0) is 22.3 Å². The molecule has 0 saturated carbocycles. The van der Waals surface area contributed by atoms with Crippen LogP contribution < -0.4 is 0 Å². The average Bonchev–Trinajstić information content (AvgIpc) is 2.45. The zero-order valence-corrected chi connectivity index (χ0v) is 15.1. The molecule has 118 valence electrons. The first-order chi connectivity index (χ1) is 9.88. The lowest BCUT2D eigenvalue weighted by Crippen LogP contribution is -2.43. The Morgan fingerprint density at radius 2 is 1.86 bits per heavy atom. The summed E-state index contributed by atoms with van der Waals surface area (Å²) in [4.78, 5) is 0.363. The maximum atomic E-state index is 12.8. The van der Waals surface area contributed by atoms with Gasteiger partial charge < -0.3 is 0 Å². The molecule has 1 fully saturated rings. The van der Waals surface area contributed by atoms with E-state index in [0.717, 1.165) is 17.5 Å². The summed E-state index contributed by atoms with van der Waals surface area (Å²) in [6.07, 6.45) is 0.858. The topological polar surface area (TPSA) is 37.4 Å². The van der Waals surface area contributed by atoms with Crippen molar-refractivity contribution in [3.8, 4) is 0 Å². The summed E-state index contributed by atoms with van der Waals surface area (Å²) in [5, 5.41) is 0.650. The molecule has 0 N–H and O–H groups in total. The lowest BCUT2D eigenvalue weighted by Gasteiger charge is -2.33. The van der Waals surface area contributed by atoms with Gasteiger partial charge in [0.2, 0.25) is 10.0 Å². The number of aryl methyl sites for hydroxylation is 1. The number of sulfonamides is 1. The molecule has 2 atom stereocenters. The third-order valence-electron chi connectivity index (χ3n) is 3.73. The van der Waals surface area contributed by atoms with E-state index >= 15 is 0 Å². The van der Waals surface area contributed by atoms with Crippen molar-refractivity contribution in [3.63, 3.8) is 0 Å². The summed E-state index contributed by atoms with van der Waals surface area (Å²) >= 11 is 7.80. The second-order valence-electron chi connectivity index (χ2n) is 5.50. The Balaban J connectivity index is 2.35. The van der Waals surface area contributed by atoms with Gasteiger partial charge in [-0.1, -0.05) is 26.8 Å². The summed E-state index contributed by atoms with van der Waals surface area (Å²) in [5.74, 6) is 0.342. The SMILES string of the molecule is CCc1ccc(S(=O)(=O)N2CC(C)SC(C)C2)cc1CCl. The lowest BCUT2D eigenvalue weighted by molar-refractivity contribution is 0.405. The third-order valence-corrected chi connectivity index (χ3v) is 7.07. The van der Waals surface area contributed by atoms with E-state index in [1.165, 1.54) is 0 Å². The highest BCUT2D eigenvalue weighted by atomic mass is 35.5. The van der Waals surface area contributed by atoms with Crippen molar-refractivity contribution in [1.82, 2.24) is 4.31 Å². The van der Waals surface area contributed by atoms with E-state index in [9.17, 15) is 8.42 Å². The van der Waals surface area contributed by atoms with Crippen molar-refractivity contribution in [2.75, 3.05) is 13.1 Å². The molecule has 3 nitrogen and oxygen atoms in total. The fourth-order valence-corrected chi connectivity index (χ4v) is 6.14. The van der Waals surface area contributed by atoms with Gasteiger partial charge >= 0.3 is 0 Å². The molecule has 0 amide bonds. The van der Waals surface area contributed by atoms with E-state index < -0.39 is 10.0 Å². The molecule has 1 aromatic carbocycles. The van der Waals surface area contributed by atoms with Gasteiger partial charge in [0.15, 0.2) is 0 Å². The van der Waals surface area contributed by atoms with Crippen LogP contribution in [0.3, 0.4) is 0 Å². The van der Waals surface area contributed by atoms with Gasteiger partial charge in [-0.2, -0.15) is 16.1 Å². The Hall–Kier alpha value is -0.230. The monoisotopic (exact) mass is 347 g/mol. The maximum absolute atomic E-state index is 12.8. The molecule has 0 bridgehead atoms. The molecular formula is C15H22ClNO2S2. The fraction of sp³-hybridized carbons (Fsp3) is 0.600. The largest absolute Gasteiger partial charge is 0.243 e. The van der Waals surface area contributed by atoms with Gasteiger partial charge in [0.05, 0.1) is 4.90 Å². The average molecular weight is 348 g/mol. The van der Waals surface area contributed by atoms with Crippen LogP contribution in [-0.4, -0.2) is 36.3 Å². The molecule has 2 rings (SSSR count). The van der Waals surface area contributed by atoms with E-state index in [2.05, 4.69) is 13.8 Å². The Labute approximate surface area is 137 Å². The van der Waals surface area contributed by atoms with Gasteiger partial charge in [-0.25, -0.2) is 8.42 Å².